The van der Waals surface area contributed by atoms with Crippen LogP contribution >= 0.6 is 0 Å². The van der Waals surface area contributed by atoms with Gasteiger partial charge in [-0.05, 0) is 106 Å². The number of allylic oxidation sites excluding steroid dienone is 4. The highest BCUT2D eigenvalue weighted by Gasteiger charge is 2.56. The molecule has 7 heteroatoms. The van der Waals surface area contributed by atoms with Gasteiger partial charge < -0.3 is 29.4 Å². The van der Waals surface area contributed by atoms with Crippen molar-refractivity contribution < 1.29 is 0 Å². The van der Waals surface area contributed by atoms with Crippen LogP contribution in [0.5, 0.6) is 0 Å². The van der Waals surface area contributed by atoms with Gasteiger partial charge in [0.15, 0.2) is 8.07 Å². The van der Waals surface area contributed by atoms with E-state index < -0.39 is 8.07 Å². The quantitative estimate of drug-likeness (QED) is 0.183. The molecule has 0 saturated heterocycles. The number of anilines is 6. The minimum atomic E-state index is -3.33. The molecular formula is C42H64N6Si. The number of nitrogens with zero attached hydrogens (tertiary/aromatic N) is 6. The van der Waals surface area contributed by atoms with E-state index in [0.29, 0.717) is 0 Å². The molecule has 0 N–H and O–H groups in total. The van der Waals surface area contributed by atoms with Crippen molar-refractivity contribution in [3.8, 4) is 0 Å². The van der Waals surface area contributed by atoms with Crippen molar-refractivity contribution >= 4 is 57.8 Å². The van der Waals surface area contributed by atoms with Crippen LogP contribution in [0.4, 0.5) is 34.1 Å². The van der Waals surface area contributed by atoms with Crippen LogP contribution in [-0.4, -0.2) is 92.6 Å². The van der Waals surface area contributed by atoms with Gasteiger partial charge in [0.25, 0.3) is 0 Å². The van der Waals surface area contributed by atoms with Crippen molar-refractivity contribution in [2.24, 2.45) is 5.92 Å². The minimum Gasteiger partial charge on any atom is -0.378 e. The lowest BCUT2D eigenvalue weighted by Crippen LogP contribution is -2.73. The Bertz CT molecular complexity index is 1550. The fourth-order valence-electron chi connectivity index (χ4n) is 8.26. The second-order valence-corrected chi connectivity index (χ2v) is 19.3. The summed E-state index contributed by atoms with van der Waals surface area (Å²) in [7, 11) is 23.4. The number of rotatable bonds is 10. The summed E-state index contributed by atoms with van der Waals surface area (Å²) in [6, 6.07) is 14.6. The Hall–Kier alpha value is -3.84. The minimum absolute atomic E-state index is 0.260. The maximum atomic E-state index is 2.48. The molecule has 0 bridgehead atoms. The Morgan fingerprint density at radius 3 is 0.776 bits per heavy atom. The Kier molecular flexibility index (Phi) is 10.7. The summed E-state index contributed by atoms with van der Waals surface area (Å²) in [5.41, 5.74) is 15.9. The summed E-state index contributed by atoms with van der Waals surface area (Å²) in [5, 5.41) is 5.92. The first-order chi connectivity index (χ1) is 22.7. The van der Waals surface area contributed by atoms with E-state index in [1.165, 1.54) is 83.1 Å². The average molecular weight is 681 g/mol. The Labute approximate surface area is 300 Å². The third-order valence-electron chi connectivity index (χ3n) is 10.8. The molecule has 0 aromatic heterocycles. The van der Waals surface area contributed by atoms with Crippen molar-refractivity contribution in [2.45, 2.75) is 48.5 Å². The zero-order valence-corrected chi connectivity index (χ0v) is 35.2. The Balaban J connectivity index is 2.68. The molecule has 266 valence electrons. The zero-order chi connectivity index (χ0) is 37.0. The lowest BCUT2D eigenvalue weighted by atomic mass is 10.1. The molecule has 3 aromatic rings. The molecule has 1 unspecified atom stereocenters. The molecule has 0 amide bonds. The molecule has 1 aliphatic carbocycles. The normalized spacial score (nSPS) is 14.9. The lowest BCUT2D eigenvalue weighted by Gasteiger charge is -2.47. The van der Waals surface area contributed by atoms with Gasteiger partial charge in [-0.1, -0.05) is 23.3 Å². The van der Waals surface area contributed by atoms with Crippen LogP contribution in [0.15, 0.2) is 58.3 Å². The summed E-state index contributed by atoms with van der Waals surface area (Å²) >= 11 is 0. The molecule has 0 saturated carbocycles. The van der Waals surface area contributed by atoms with Crippen molar-refractivity contribution in [3.63, 3.8) is 0 Å². The number of hydrogen-bond acceptors (Lipinski definition) is 6. The van der Waals surface area contributed by atoms with Gasteiger partial charge >= 0.3 is 0 Å². The van der Waals surface area contributed by atoms with Crippen LogP contribution in [0.3, 0.4) is 0 Å². The topological polar surface area (TPSA) is 19.4 Å². The van der Waals surface area contributed by atoms with Crippen molar-refractivity contribution in [3.05, 3.63) is 75.0 Å². The molecule has 0 fully saturated rings. The van der Waals surface area contributed by atoms with Crippen molar-refractivity contribution in [1.82, 2.24) is 0 Å². The number of benzene rings is 3. The van der Waals surface area contributed by atoms with Crippen LogP contribution in [0.25, 0.3) is 0 Å². The Morgan fingerprint density at radius 2 is 0.612 bits per heavy atom. The lowest BCUT2D eigenvalue weighted by molar-refractivity contribution is 0.851. The third kappa shape index (κ3) is 6.24. The molecule has 1 atom stereocenters. The first kappa shape index (κ1) is 38.0. The van der Waals surface area contributed by atoms with Gasteiger partial charge in [-0.25, -0.2) is 0 Å². The van der Waals surface area contributed by atoms with E-state index in [4.69, 9.17) is 0 Å². The molecule has 0 spiro atoms. The predicted molar refractivity (Wildman–Crippen MR) is 224 cm³/mol. The SMILES string of the molecule is CC1=C(C)C(C)C([Si](c2c(N(C)C)cc(C)cc2N(C)C)(c2c(N(C)C)cc(C)cc2N(C)C)c2c(N(C)C)cc(C)cc2N(C)C)=C1C. The summed E-state index contributed by atoms with van der Waals surface area (Å²) in [6.45, 7) is 16.3. The molecule has 49 heavy (non-hydrogen) atoms. The van der Waals surface area contributed by atoms with Gasteiger partial charge in [-0.3, -0.25) is 0 Å². The van der Waals surface area contributed by atoms with Gasteiger partial charge in [0, 0.05) is 134 Å². The van der Waals surface area contributed by atoms with E-state index in [1.807, 2.05) is 0 Å². The van der Waals surface area contributed by atoms with Gasteiger partial charge in [0.2, 0.25) is 0 Å². The Morgan fingerprint density at radius 1 is 0.388 bits per heavy atom. The first-order valence-corrected chi connectivity index (χ1v) is 19.6. The highest BCUT2D eigenvalue weighted by molar-refractivity contribution is 7.20. The zero-order valence-electron chi connectivity index (χ0n) is 34.2. The summed E-state index contributed by atoms with van der Waals surface area (Å²) in [5.74, 6) is 0.260. The van der Waals surface area contributed by atoms with Gasteiger partial charge in [0.05, 0.1) is 0 Å². The van der Waals surface area contributed by atoms with E-state index in [9.17, 15) is 0 Å². The molecule has 6 nitrogen and oxygen atoms in total. The summed E-state index contributed by atoms with van der Waals surface area (Å²) in [4.78, 5) is 14.2. The van der Waals surface area contributed by atoms with Crippen molar-refractivity contribution in [1.29, 1.82) is 0 Å². The first-order valence-electron chi connectivity index (χ1n) is 17.6. The molecule has 0 radical (unpaired) electrons. The molecule has 0 heterocycles. The van der Waals surface area contributed by atoms with Crippen LogP contribution in [-0.2, 0) is 0 Å². The van der Waals surface area contributed by atoms with Gasteiger partial charge in [-0.15, -0.1) is 0 Å². The maximum Gasteiger partial charge on any atom is 0.191 e. The van der Waals surface area contributed by atoms with E-state index in [0.717, 1.165) is 0 Å². The van der Waals surface area contributed by atoms with E-state index >= 15 is 0 Å². The third-order valence-corrected chi connectivity index (χ3v) is 16.2. The molecule has 1 aliphatic rings. The number of aryl methyl sites for hydroxylation is 3. The smallest absolute Gasteiger partial charge is 0.191 e. The highest BCUT2D eigenvalue weighted by Crippen LogP contribution is 2.47. The van der Waals surface area contributed by atoms with Crippen molar-refractivity contribution in [2.75, 3.05) is 114 Å². The summed E-state index contributed by atoms with van der Waals surface area (Å²) in [6.07, 6.45) is 0. The van der Waals surface area contributed by atoms with E-state index in [2.05, 4.69) is 199 Å². The second kappa shape index (κ2) is 13.8. The molecule has 3 aromatic carbocycles. The van der Waals surface area contributed by atoms with Gasteiger partial charge in [-0.2, -0.15) is 0 Å². The molecular weight excluding hydrogens is 617 g/mol. The summed E-state index contributed by atoms with van der Waals surface area (Å²) < 4.78 is 0. The van der Waals surface area contributed by atoms with Crippen LogP contribution in [0.2, 0.25) is 0 Å². The fourth-order valence-corrected chi connectivity index (χ4v) is 15.5. The van der Waals surface area contributed by atoms with Crippen LogP contribution < -0.4 is 45.0 Å². The van der Waals surface area contributed by atoms with Gasteiger partial charge in [0.1, 0.15) is 0 Å². The van der Waals surface area contributed by atoms with E-state index in [1.54, 1.807) is 5.20 Å². The number of hydrogen-bond donors (Lipinski definition) is 0. The maximum absolute atomic E-state index is 3.33. The van der Waals surface area contributed by atoms with Crippen LogP contribution in [0, 0.1) is 26.7 Å². The monoisotopic (exact) mass is 680 g/mol. The largest absolute Gasteiger partial charge is 0.378 e. The highest BCUT2D eigenvalue weighted by atomic mass is 28.3. The predicted octanol–water partition coefficient (Wildman–Crippen LogP) is 6.32. The second-order valence-electron chi connectivity index (χ2n) is 15.7. The fraction of sp³-hybridized carbons (Fsp3) is 0.476. The average Bonchev–Trinajstić information content (AvgIpc) is 3.19. The standard InChI is InChI=1S/C42H64N6Si/c1-26-20-33(43(8)9)40(34(21-26)44(10)11)49(39-31(6)29(4)30(5)32(39)7,41-35(45(12)13)22-27(2)23-36(41)46(14)15)42-37(47(16)17)24-28(3)25-38(42)48(18)19/h20-25,31H,1-19H3. The van der Waals surface area contributed by atoms with Crippen LogP contribution in [0.1, 0.15) is 44.4 Å². The molecule has 0 aliphatic heterocycles. The van der Waals surface area contributed by atoms with E-state index in [-0.39, 0.29) is 5.92 Å². The molecule has 4 rings (SSSR count).